The SMILES string of the molecule is Cc1cc(O)cc(C)c1CC(CCC=CCC(Cc1ccccc1)C(=O)NC(CO)Cc1ccccc1)N(O)O. The van der Waals surface area contributed by atoms with E-state index in [2.05, 4.69) is 5.32 Å². The first-order valence-corrected chi connectivity index (χ1v) is 13.9. The number of aryl methyl sites for hydroxylation is 2. The molecule has 0 fully saturated rings. The summed E-state index contributed by atoms with van der Waals surface area (Å²) in [6.07, 6.45) is 7.14. The molecule has 5 N–H and O–H groups in total. The topological polar surface area (TPSA) is 113 Å². The van der Waals surface area contributed by atoms with E-state index in [1.54, 1.807) is 12.1 Å². The number of aliphatic hydroxyl groups is 1. The third-order valence-corrected chi connectivity index (χ3v) is 7.29. The molecule has 3 rings (SSSR count). The molecular weight excluding hydrogens is 504 g/mol. The molecule has 3 aromatic rings. The van der Waals surface area contributed by atoms with Crippen molar-refractivity contribution in [3.05, 3.63) is 113 Å². The lowest BCUT2D eigenvalue weighted by Gasteiger charge is -2.22. The quantitative estimate of drug-likeness (QED) is 0.131. The highest BCUT2D eigenvalue weighted by Gasteiger charge is 2.22. The summed E-state index contributed by atoms with van der Waals surface area (Å²) in [5.74, 6) is -0.215. The number of phenolic OH excluding ortho intramolecular Hbond substituents is 1. The molecule has 0 bridgehead atoms. The van der Waals surface area contributed by atoms with Gasteiger partial charge in [-0.1, -0.05) is 78.0 Å². The number of hydroxylamine groups is 2. The van der Waals surface area contributed by atoms with Crippen LogP contribution in [0.5, 0.6) is 5.75 Å². The highest BCUT2D eigenvalue weighted by Crippen LogP contribution is 2.24. The molecule has 0 aliphatic rings. The average Bonchev–Trinajstić information content (AvgIpc) is 2.93. The summed E-state index contributed by atoms with van der Waals surface area (Å²) >= 11 is 0. The molecule has 3 unspecified atom stereocenters. The van der Waals surface area contributed by atoms with Crippen LogP contribution in [-0.2, 0) is 24.1 Å². The van der Waals surface area contributed by atoms with Crippen molar-refractivity contribution >= 4 is 5.91 Å². The normalized spacial score (nSPS) is 13.8. The van der Waals surface area contributed by atoms with Crippen molar-refractivity contribution in [1.29, 1.82) is 0 Å². The van der Waals surface area contributed by atoms with E-state index in [0.29, 0.717) is 38.5 Å². The predicted molar refractivity (Wildman–Crippen MR) is 156 cm³/mol. The Hall–Kier alpha value is -3.49. The maximum Gasteiger partial charge on any atom is 0.224 e. The van der Waals surface area contributed by atoms with E-state index in [-0.39, 0.29) is 35.4 Å². The molecule has 7 heteroatoms. The number of rotatable bonds is 15. The van der Waals surface area contributed by atoms with Crippen molar-refractivity contribution in [2.45, 2.75) is 64.5 Å². The lowest BCUT2D eigenvalue weighted by molar-refractivity contribution is -0.332. The first kappa shape index (κ1) is 31.0. The Labute approximate surface area is 237 Å². The van der Waals surface area contributed by atoms with Crippen molar-refractivity contribution in [2.24, 2.45) is 5.92 Å². The molecule has 0 saturated heterocycles. The summed E-state index contributed by atoms with van der Waals surface area (Å²) in [7, 11) is 0. The number of nitrogens with one attached hydrogen (secondary N) is 1. The molecule has 3 atom stereocenters. The highest BCUT2D eigenvalue weighted by molar-refractivity contribution is 5.79. The van der Waals surface area contributed by atoms with Gasteiger partial charge in [0, 0.05) is 5.92 Å². The number of benzene rings is 3. The first-order chi connectivity index (χ1) is 19.3. The molecule has 0 aromatic heterocycles. The van der Waals surface area contributed by atoms with E-state index in [4.69, 9.17) is 0 Å². The number of phenols is 1. The Bertz CT molecular complexity index is 1190. The van der Waals surface area contributed by atoms with Crippen LogP contribution in [-0.4, -0.2) is 50.5 Å². The molecule has 3 aromatic carbocycles. The van der Waals surface area contributed by atoms with E-state index in [1.165, 1.54) is 0 Å². The van der Waals surface area contributed by atoms with Crippen LogP contribution in [0.3, 0.4) is 0 Å². The Kier molecular flexibility index (Phi) is 12.4. The van der Waals surface area contributed by atoms with Gasteiger partial charge in [-0.2, -0.15) is 0 Å². The van der Waals surface area contributed by atoms with Gasteiger partial charge in [-0.15, -0.1) is 0 Å². The van der Waals surface area contributed by atoms with Gasteiger partial charge in [0.2, 0.25) is 5.91 Å². The van der Waals surface area contributed by atoms with Crippen LogP contribution in [0.25, 0.3) is 0 Å². The molecule has 0 aliphatic carbocycles. The molecule has 0 saturated carbocycles. The number of carbonyl (C=O) groups is 1. The van der Waals surface area contributed by atoms with Gasteiger partial charge in [-0.25, -0.2) is 0 Å². The minimum absolute atomic E-state index is 0.100. The summed E-state index contributed by atoms with van der Waals surface area (Å²) in [4.78, 5) is 13.3. The van der Waals surface area contributed by atoms with E-state index in [1.807, 2.05) is 86.7 Å². The van der Waals surface area contributed by atoms with Gasteiger partial charge in [0.15, 0.2) is 0 Å². The van der Waals surface area contributed by atoms with Gasteiger partial charge in [-0.3, -0.25) is 15.2 Å². The predicted octanol–water partition coefficient (Wildman–Crippen LogP) is 5.31. The highest BCUT2D eigenvalue weighted by atomic mass is 16.8. The third-order valence-electron chi connectivity index (χ3n) is 7.29. The van der Waals surface area contributed by atoms with Crippen LogP contribution in [0, 0.1) is 19.8 Å². The Morgan fingerprint density at radius 3 is 2.00 bits per heavy atom. The fourth-order valence-corrected chi connectivity index (χ4v) is 5.05. The fourth-order valence-electron chi connectivity index (χ4n) is 5.05. The van der Waals surface area contributed by atoms with Crippen molar-refractivity contribution in [3.8, 4) is 5.75 Å². The molecular formula is C33H42N2O5. The van der Waals surface area contributed by atoms with Gasteiger partial charge in [0.25, 0.3) is 0 Å². The van der Waals surface area contributed by atoms with Crippen LogP contribution in [0.2, 0.25) is 0 Å². The number of allylic oxidation sites excluding steroid dienone is 2. The second-order valence-corrected chi connectivity index (χ2v) is 10.5. The fraction of sp³-hybridized carbons (Fsp3) is 0.364. The molecule has 40 heavy (non-hydrogen) atoms. The van der Waals surface area contributed by atoms with E-state index in [9.17, 15) is 25.4 Å². The number of hydrogen-bond donors (Lipinski definition) is 5. The molecule has 0 spiro atoms. The number of aromatic hydroxyl groups is 1. The molecule has 0 heterocycles. The van der Waals surface area contributed by atoms with Crippen molar-refractivity contribution in [2.75, 3.05) is 6.61 Å². The van der Waals surface area contributed by atoms with Crippen molar-refractivity contribution in [1.82, 2.24) is 10.5 Å². The van der Waals surface area contributed by atoms with E-state index in [0.717, 1.165) is 27.8 Å². The summed E-state index contributed by atoms with van der Waals surface area (Å²) in [5, 5.41) is 42.7. The second kappa shape index (κ2) is 15.9. The van der Waals surface area contributed by atoms with Crippen LogP contribution < -0.4 is 5.32 Å². The maximum absolute atomic E-state index is 13.3. The number of amides is 1. The number of hydrogen-bond acceptors (Lipinski definition) is 6. The third kappa shape index (κ3) is 9.92. The molecule has 1 amide bonds. The van der Waals surface area contributed by atoms with Gasteiger partial charge in [0.05, 0.1) is 18.7 Å². The smallest absolute Gasteiger partial charge is 0.224 e. The van der Waals surface area contributed by atoms with Gasteiger partial charge in [-0.05, 0) is 92.3 Å². The average molecular weight is 547 g/mol. The van der Waals surface area contributed by atoms with Crippen molar-refractivity contribution in [3.63, 3.8) is 0 Å². The minimum Gasteiger partial charge on any atom is -0.508 e. The zero-order valence-electron chi connectivity index (χ0n) is 23.4. The van der Waals surface area contributed by atoms with Crippen LogP contribution in [0.1, 0.15) is 47.1 Å². The Balaban J connectivity index is 1.61. The van der Waals surface area contributed by atoms with Crippen LogP contribution >= 0.6 is 0 Å². The lowest BCUT2D eigenvalue weighted by atomic mass is 9.93. The Morgan fingerprint density at radius 2 is 1.45 bits per heavy atom. The monoisotopic (exact) mass is 546 g/mol. The lowest BCUT2D eigenvalue weighted by Crippen LogP contribution is -2.42. The van der Waals surface area contributed by atoms with Gasteiger partial charge in [0.1, 0.15) is 5.75 Å². The standard InChI is InChI=1S/C33H42N2O5/c1-24-18-31(37)19-25(2)32(24)22-30(35(39)40)17-11-5-10-16-28(20-26-12-6-3-7-13-26)33(38)34-29(23-36)21-27-14-8-4-9-15-27/h3-10,12-15,18-19,28-30,36-37,39-40H,11,16-17,20-23H2,1-2H3,(H,34,38). The molecule has 214 valence electrons. The molecule has 7 nitrogen and oxygen atoms in total. The minimum atomic E-state index is -0.515. The van der Waals surface area contributed by atoms with Crippen LogP contribution in [0.15, 0.2) is 84.9 Å². The van der Waals surface area contributed by atoms with Gasteiger partial charge < -0.3 is 15.5 Å². The zero-order chi connectivity index (χ0) is 28.9. The largest absolute Gasteiger partial charge is 0.508 e. The summed E-state index contributed by atoms with van der Waals surface area (Å²) in [6.45, 7) is 3.66. The number of aliphatic hydroxyl groups excluding tert-OH is 1. The van der Waals surface area contributed by atoms with Crippen LogP contribution in [0.4, 0.5) is 0 Å². The van der Waals surface area contributed by atoms with Gasteiger partial charge >= 0.3 is 0 Å². The second-order valence-electron chi connectivity index (χ2n) is 10.5. The van der Waals surface area contributed by atoms with Crippen molar-refractivity contribution < 1.29 is 25.4 Å². The summed E-state index contributed by atoms with van der Waals surface area (Å²) in [5.41, 5.74) is 4.91. The maximum atomic E-state index is 13.3. The molecule has 0 aliphatic heterocycles. The van der Waals surface area contributed by atoms with E-state index >= 15 is 0 Å². The Morgan fingerprint density at radius 1 is 0.875 bits per heavy atom. The van der Waals surface area contributed by atoms with E-state index < -0.39 is 6.04 Å². The number of nitrogens with zero attached hydrogens (tertiary/aromatic N) is 1. The summed E-state index contributed by atoms with van der Waals surface area (Å²) in [6, 6.07) is 22.1. The molecule has 0 radical (unpaired) electrons. The number of carbonyl (C=O) groups excluding carboxylic acids is 1. The summed E-state index contributed by atoms with van der Waals surface area (Å²) < 4.78 is 0. The zero-order valence-corrected chi connectivity index (χ0v) is 23.4. The first-order valence-electron chi connectivity index (χ1n) is 13.9.